The first kappa shape index (κ1) is 15.6. The van der Waals surface area contributed by atoms with Gasteiger partial charge in [0.05, 0.1) is 27.4 Å². The highest BCUT2D eigenvalue weighted by molar-refractivity contribution is 5.76. The molecule has 6 nitrogen and oxygen atoms in total. The molecule has 1 unspecified atom stereocenters. The van der Waals surface area contributed by atoms with Crippen molar-refractivity contribution in [3.05, 3.63) is 23.8 Å². The Morgan fingerprint density at radius 2 is 2.10 bits per heavy atom. The van der Waals surface area contributed by atoms with Crippen LogP contribution in [0, 0.1) is 0 Å². The molecule has 116 valence electrons. The minimum Gasteiger partial charge on any atom is -0.496 e. The van der Waals surface area contributed by atoms with Crippen molar-refractivity contribution in [1.82, 2.24) is 0 Å². The first-order valence-electron chi connectivity index (χ1n) is 6.98. The van der Waals surface area contributed by atoms with Crippen molar-refractivity contribution >= 4 is 11.7 Å². The number of methoxy groups -OCH3 is 2. The van der Waals surface area contributed by atoms with Crippen LogP contribution >= 0.6 is 0 Å². The minimum absolute atomic E-state index is 0.388. The average molecular weight is 294 g/mol. The second-order valence-corrected chi connectivity index (χ2v) is 4.93. The Balaban J connectivity index is 2.14. The summed E-state index contributed by atoms with van der Waals surface area (Å²) in [6, 6.07) is 5.27. The second-order valence-electron chi connectivity index (χ2n) is 4.93. The lowest BCUT2D eigenvalue weighted by Crippen LogP contribution is -2.36. The van der Waals surface area contributed by atoms with Crippen molar-refractivity contribution < 1.29 is 19.0 Å². The highest BCUT2D eigenvalue weighted by Gasteiger charge is 2.18. The number of benzene rings is 1. The van der Waals surface area contributed by atoms with E-state index in [1.54, 1.807) is 7.11 Å². The van der Waals surface area contributed by atoms with Crippen molar-refractivity contribution in [3.63, 3.8) is 0 Å². The van der Waals surface area contributed by atoms with Crippen molar-refractivity contribution in [2.75, 3.05) is 45.4 Å². The molecule has 2 rings (SSSR count). The summed E-state index contributed by atoms with van der Waals surface area (Å²) in [4.78, 5) is 13.7. The van der Waals surface area contributed by atoms with Crippen molar-refractivity contribution in [2.24, 2.45) is 5.73 Å². The number of hydrogen-bond acceptors (Lipinski definition) is 6. The van der Waals surface area contributed by atoms with Crippen molar-refractivity contribution in [2.45, 2.75) is 12.5 Å². The predicted octanol–water partition coefficient (Wildman–Crippen LogP) is 0.575. The van der Waals surface area contributed by atoms with Gasteiger partial charge >= 0.3 is 5.97 Å². The SMILES string of the molecule is COC(=O)C(N)Cc1ccc(N2CCOCC2)cc1OC. The lowest BCUT2D eigenvalue weighted by atomic mass is 10.0. The molecule has 0 aliphatic carbocycles. The van der Waals surface area contributed by atoms with Gasteiger partial charge in [-0.1, -0.05) is 6.07 Å². The Morgan fingerprint density at radius 1 is 1.38 bits per heavy atom. The summed E-state index contributed by atoms with van der Waals surface area (Å²) in [7, 11) is 2.95. The number of hydrogen-bond donors (Lipinski definition) is 1. The maximum atomic E-state index is 11.4. The van der Waals surface area contributed by atoms with E-state index in [0.29, 0.717) is 6.42 Å². The molecular formula is C15H22N2O4. The van der Waals surface area contributed by atoms with Gasteiger partial charge in [0.2, 0.25) is 0 Å². The third kappa shape index (κ3) is 3.86. The maximum Gasteiger partial charge on any atom is 0.322 e. The van der Waals surface area contributed by atoms with E-state index in [1.807, 2.05) is 18.2 Å². The quantitative estimate of drug-likeness (QED) is 0.801. The highest BCUT2D eigenvalue weighted by Crippen LogP contribution is 2.27. The van der Waals surface area contributed by atoms with Crippen LogP contribution in [-0.4, -0.2) is 52.5 Å². The third-order valence-corrected chi connectivity index (χ3v) is 3.59. The molecular weight excluding hydrogens is 272 g/mol. The van der Waals surface area contributed by atoms with Gasteiger partial charge in [-0.05, 0) is 11.6 Å². The Bertz CT molecular complexity index is 487. The highest BCUT2D eigenvalue weighted by atomic mass is 16.5. The van der Waals surface area contributed by atoms with Gasteiger partial charge in [-0.3, -0.25) is 4.79 Å². The van der Waals surface area contributed by atoms with Crippen LogP contribution in [0.1, 0.15) is 5.56 Å². The van der Waals surface area contributed by atoms with Crippen LogP contribution in [-0.2, 0) is 20.7 Å². The fourth-order valence-electron chi connectivity index (χ4n) is 2.39. The molecule has 1 fully saturated rings. The van der Waals surface area contributed by atoms with E-state index in [2.05, 4.69) is 9.64 Å². The van der Waals surface area contributed by atoms with E-state index in [9.17, 15) is 4.79 Å². The zero-order valence-corrected chi connectivity index (χ0v) is 12.5. The Kier molecular flexibility index (Phi) is 5.41. The second kappa shape index (κ2) is 7.28. The van der Waals surface area contributed by atoms with E-state index in [1.165, 1.54) is 7.11 Å². The number of nitrogens with zero attached hydrogens (tertiary/aromatic N) is 1. The minimum atomic E-state index is -0.682. The summed E-state index contributed by atoms with van der Waals surface area (Å²) >= 11 is 0. The standard InChI is InChI=1S/C15H22N2O4/c1-19-14-10-12(17-5-7-21-8-6-17)4-3-11(14)9-13(16)15(18)20-2/h3-4,10,13H,5-9,16H2,1-2H3. The molecule has 1 heterocycles. The number of nitrogens with two attached hydrogens (primary N) is 1. The molecule has 0 spiro atoms. The molecule has 1 aliphatic heterocycles. The average Bonchev–Trinajstić information content (AvgIpc) is 2.55. The number of esters is 1. The zero-order valence-electron chi connectivity index (χ0n) is 12.5. The van der Waals surface area contributed by atoms with Crippen LogP contribution in [0.5, 0.6) is 5.75 Å². The molecule has 0 amide bonds. The molecule has 1 aromatic rings. The number of carbonyl (C=O) groups excluding carboxylic acids is 1. The van der Waals surface area contributed by atoms with Crippen molar-refractivity contribution in [1.29, 1.82) is 0 Å². The maximum absolute atomic E-state index is 11.4. The van der Waals surface area contributed by atoms with E-state index >= 15 is 0 Å². The number of anilines is 1. The monoisotopic (exact) mass is 294 g/mol. The summed E-state index contributed by atoms with van der Waals surface area (Å²) in [5, 5.41) is 0. The Hall–Kier alpha value is -1.79. The molecule has 0 radical (unpaired) electrons. The normalized spacial score (nSPS) is 16.4. The molecule has 0 aromatic heterocycles. The van der Waals surface area contributed by atoms with Crippen molar-refractivity contribution in [3.8, 4) is 5.75 Å². The van der Waals surface area contributed by atoms with Crippen LogP contribution in [0.3, 0.4) is 0 Å². The smallest absolute Gasteiger partial charge is 0.322 e. The molecule has 21 heavy (non-hydrogen) atoms. The summed E-state index contributed by atoms with van der Waals surface area (Å²) < 4.78 is 15.4. The van der Waals surface area contributed by atoms with E-state index in [4.69, 9.17) is 15.2 Å². The Morgan fingerprint density at radius 3 is 2.71 bits per heavy atom. The molecule has 1 atom stereocenters. The number of carbonyl (C=O) groups is 1. The first-order chi connectivity index (χ1) is 10.2. The van der Waals surface area contributed by atoms with Gasteiger partial charge in [0.25, 0.3) is 0 Å². The van der Waals surface area contributed by atoms with Gasteiger partial charge in [-0.15, -0.1) is 0 Å². The molecule has 1 aromatic carbocycles. The van der Waals surface area contributed by atoms with E-state index in [-0.39, 0.29) is 0 Å². The lowest BCUT2D eigenvalue weighted by Gasteiger charge is -2.29. The van der Waals surface area contributed by atoms with Crippen LogP contribution in [0.4, 0.5) is 5.69 Å². The lowest BCUT2D eigenvalue weighted by molar-refractivity contribution is -0.142. The molecule has 0 saturated carbocycles. The van der Waals surface area contributed by atoms with Crippen LogP contribution in [0.15, 0.2) is 18.2 Å². The zero-order chi connectivity index (χ0) is 15.2. The van der Waals surface area contributed by atoms with Gasteiger partial charge in [0, 0.05) is 31.3 Å². The molecule has 1 aliphatic rings. The Labute approximate surface area is 124 Å². The van der Waals surface area contributed by atoms with Gasteiger partial charge in [-0.2, -0.15) is 0 Å². The number of ether oxygens (including phenoxy) is 3. The van der Waals surface area contributed by atoms with Gasteiger partial charge in [-0.25, -0.2) is 0 Å². The summed E-state index contributed by atoms with van der Waals surface area (Å²) in [6.07, 6.45) is 0.388. The van der Waals surface area contributed by atoms with Gasteiger partial charge < -0.3 is 24.8 Å². The van der Waals surface area contributed by atoms with Crippen LogP contribution in [0.2, 0.25) is 0 Å². The van der Waals surface area contributed by atoms with E-state index in [0.717, 1.165) is 43.3 Å². The largest absolute Gasteiger partial charge is 0.496 e. The van der Waals surface area contributed by atoms with Gasteiger partial charge in [0.15, 0.2) is 0 Å². The number of morpholine rings is 1. The fraction of sp³-hybridized carbons (Fsp3) is 0.533. The van der Waals surface area contributed by atoms with E-state index < -0.39 is 12.0 Å². The number of rotatable bonds is 5. The van der Waals surface area contributed by atoms with Crippen LogP contribution in [0.25, 0.3) is 0 Å². The topological polar surface area (TPSA) is 74.0 Å². The fourth-order valence-corrected chi connectivity index (χ4v) is 2.39. The first-order valence-corrected chi connectivity index (χ1v) is 6.98. The summed E-state index contributed by atoms with van der Waals surface area (Å²) in [5.74, 6) is 0.313. The molecule has 6 heteroatoms. The molecule has 1 saturated heterocycles. The molecule has 0 bridgehead atoms. The molecule has 2 N–H and O–H groups in total. The summed E-state index contributed by atoms with van der Waals surface area (Å²) in [6.45, 7) is 3.20. The third-order valence-electron chi connectivity index (χ3n) is 3.59. The van der Waals surface area contributed by atoms with Crippen LogP contribution < -0.4 is 15.4 Å². The predicted molar refractivity (Wildman–Crippen MR) is 79.7 cm³/mol. The van der Waals surface area contributed by atoms with Gasteiger partial charge in [0.1, 0.15) is 11.8 Å². The summed E-state index contributed by atoms with van der Waals surface area (Å²) in [5.41, 5.74) is 7.79.